The summed E-state index contributed by atoms with van der Waals surface area (Å²) >= 11 is 0. The van der Waals surface area contributed by atoms with Gasteiger partial charge in [-0.3, -0.25) is 9.48 Å². The number of carbonyl (C=O) groups excluding carboxylic acids is 1. The summed E-state index contributed by atoms with van der Waals surface area (Å²) in [5.74, 6) is 0.591. The lowest BCUT2D eigenvalue weighted by molar-refractivity contribution is 0.0639. The monoisotopic (exact) mass is 265 g/mol. The van der Waals surface area contributed by atoms with Crippen LogP contribution in [0, 0.1) is 5.92 Å². The van der Waals surface area contributed by atoms with Crippen LogP contribution in [0.1, 0.15) is 48.8 Å². The molecule has 5 heteroatoms. The number of aryl methyl sites for hydroxylation is 1. The van der Waals surface area contributed by atoms with Crippen molar-refractivity contribution < 1.29 is 9.90 Å². The predicted molar refractivity (Wildman–Crippen MR) is 73.0 cm³/mol. The van der Waals surface area contributed by atoms with E-state index in [0.29, 0.717) is 24.1 Å². The fraction of sp³-hybridized carbons (Fsp3) is 0.714. The summed E-state index contributed by atoms with van der Waals surface area (Å²) in [5, 5.41) is 14.1. The van der Waals surface area contributed by atoms with Crippen LogP contribution in [0.15, 0.2) is 6.07 Å². The summed E-state index contributed by atoms with van der Waals surface area (Å²) in [6.45, 7) is 4.54. The third-order valence-electron chi connectivity index (χ3n) is 3.70. The number of aromatic nitrogens is 2. The first-order valence-electron chi connectivity index (χ1n) is 6.87. The van der Waals surface area contributed by atoms with Crippen molar-refractivity contribution in [2.75, 3.05) is 13.6 Å². The first kappa shape index (κ1) is 14.1. The number of likely N-dealkylation sites (N-methyl/N-ethyl adjacent to an activating group) is 1. The zero-order valence-corrected chi connectivity index (χ0v) is 12.1. The number of carbonyl (C=O) groups is 1. The van der Waals surface area contributed by atoms with Crippen molar-refractivity contribution in [3.05, 3.63) is 17.5 Å². The highest BCUT2D eigenvalue weighted by Crippen LogP contribution is 2.32. The van der Waals surface area contributed by atoms with E-state index in [1.165, 1.54) is 0 Å². The predicted octanol–water partition coefficient (Wildman–Crippen LogP) is 1.39. The lowest BCUT2D eigenvalue weighted by atomic mass is 10.1. The van der Waals surface area contributed by atoms with Gasteiger partial charge in [-0.15, -0.1) is 0 Å². The molecule has 1 aromatic rings. The molecule has 1 aromatic heterocycles. The number of hydrogen-bond acceptors (Lipinski definition) is 3. The molecule has 1 heterocycles. The fourth-order valence-corrected chi connectivity index (χ4v) is 2.32. The van der Waals surface area contributed by atoms with E-state index in [-0.39, 0.29) is 5.91 Å². The summed E-state index contributed by atoms with van der Waals surface area (Å²) in [5.41, 5.74) is 1.50. The third-order valence-corrected chi connectivity index (χ3v) is 3.70. The Bertz CT molecular complexity index is 463. The van der Waals surface area contributed by atoms with Crippen LogP contribution in [0.5, 0.6) is 0 Å². The maximum atomic E-state index is 12.3. The van der Waals surface area contributed by atoms with E-state index in [0.717, 1.165) is 18.5 Å². The molecular formula is C14H23N3O2. The molecule has 0 aliphatic heterocycles. The summed E-state index contributed by atoms with van der Waals surface area (Å²) in [6.07, 6.45) is 1.75. The molecular weight excluding hydrogens is 242 g/mol. The lowest BCUT2D eigenvalue weighted by Crippen LogP contribution is -2.35. The van der Waals surface area contributed by atoms with Crippen LogP contribution in [0.3, 0.4) is 0 Å². The number of rotatable bonds is 5. The van der Waals surface area contributed by atoms with Crippen molar-refractivity contribution in [1.29, 1.82) is 0 Å². The van der Waals surface area contributed by atoms with Gasteiger partial charge in [0, 0.05) is 26.3 Å². The van der Waals surface area contributed by atoms with Crippen molar-refractivity contribution in [3.8, 4) is 0 Å². The van der Waals surface area contributed by atoms with Gasteiger partial charge in [-0.1, -0.05) is 13.8 Å². The van der Waals surface area contributed by atoms with Gasteiger partial charge in [-0.2, -0.15) is 5.10 Å². The molecule has 1 fully saturated rings. The average molecular weight is 265 g/mol. The zero-order valence-electron chi connectivity index (χ0n) is 12.1. The molecule has 106 valence electrons. The van der Waals surface area contributed by atoms with Gasteiger partial charge in [-0.05, 0) is 30.7 Å². The van der Waals surface area contributed by atoms with E-state index in [2.05, 4.69) is 18.9 Å². The fourth-order valence-electron chi connectivity index (χ4n) is 2.32. The number of amides is 1. The molecule has 0 radical (unpaired) electrons. The minimum absolute atomic E-state index is 0.123. The molecule has 1 aliphatic carbocycles. The van der Waals surface area contributed by atoms with Gasteiger partial charge in [0.25, 0.3) is 5.91 Å². The number of nitrogens with zero attached hydrogens (tertiary/aromatic N) is 3. The van der Waals surface area contributed by atoms with E-state index in [1.807, 2.05) is 13.1 Å². The van der Waals surface area contributed by atoms with Gasteiger partial charge < -0.3 is 10.0 Å². The Morgan fingerprint density at radius 2 is 2.21 bits per heavy atom. The molecule has 19 heavy (non-hydrogen) atoms. The molecule has 0 spiro atoms. The normalized spacial score (nSPS) is 16.7. The van der Waals surface area contributed by atoms with Crippen molar-refractivity contribution in [2.45, 2.75) is 38.7 Å². The highest BCUT2D eigenvalue weighted by molar-refractivity contribution is 5.92. The quantitative estimate of drug-likeness (QED) is 0.875. The second-order valence-corrected chi connectivity index (χ2v) is 5.82. The number of aliphatic hydroxyl groups is 1. The zero-order chi connectivity index (χ0) is 14.2. The first-order valence-corrected chi connectivity index (χ1v) is 6.87. The van der Waals surface area contributed by atoms with Gasteiger partial charge in [0.2, 0.25) is 0 Å². The van der Waals surface area contributed by atoms with E-state index in [1.54, 1.807) is 16.6 Å². The molecule has 0 bridgehead atoms. The van der Waals surface area contributed by atoms with Crippen LogP contribution in [0.4, 0.5) is 0 Å². The Kier molecular flexibility index (Phi) is 3.94. The number of hydrogen-bond donors (Lipinski definition) is 1. The van der Waals surface area contributed by atoms with Gasteiger partial charge in [0.05, 0.1) is 6.10 Å². The maximum Gasteiger partial charge on any atom is 0.274 e. The molecule has 2 rings (SSSR count). The Morgan fingerprint density at radius 3 is 2.68 bits per heavy atom. The summed E-state index contributed by atoms with van der Waals surface area (Å²) < 4.78 is 1.75. The molecule has 1 N–H and O–H groups in total. The Labute approximate surface area is 114 Å². The van der Waals surface area contributed by atoms with Gasteiger partial charge >= 0.3 is 0 Å². The SMILES string of the molecule is CC(C)c1cc(C(=O)N(C)CC(O)C2CC2)nn1C. The molecule has 1 saturated carbocycles. The van der Waals surface area contributed by atoms with Gasteiger partial charge in [0.1, 0.15) is 0 Å². The topological polar surface area (TPSA) is 58.4 Å². The minimum atomic E-state index is -0.401. The van der Waals surface area contributed by atoms with Crippen molar-refractivity contribution >= 4 is 5.91 Å². The lowest BCUT2D eigenvalue weighted by Gasteiger charge is -2.19. The van der Waals surface area contributed by atoms with E-state index >= 15 is 0 Å². The third kappa shape index (κ3) is 3.15. The highest BCUT2D eigenvalue weighted by Gasteiger charge is 2.31. The summed E-state index contributed by atoms with van der Waals surface area (Å²) in [4.78, 5) is 13.8. The first-order chi connectivity index (χ1) is 8.90. The maximum absolute atomic E-state index is 12.3. The van der Waals surface area contributed by atoms with Gasteiger partial charge in [-0.25, -0.2) is 0 Å². The van der Waals surface area contributed by atoms with Crippen LogP contribution in [0.2, 0.25) is 0 Å². The molecule has 1 amide bonds. The van der Waals surface area contributed by atoms with Crippen molar-refractivity contribution in [3.63, 3.8) is 0 Å². The summed E-state index contributed by atoms with van der Waals surface area (Å²) in [7, 11) is 3.57. The van der Waals surface area contributed by atoms with Crippen LogP contribution >= 0.6 is 0 Å². The van der Waals surface area contributed by atoms with E-state index in [4.69, 9.17) is 0 Å². The van der Waals surface area contributed by atoms with E-state index in [9.17, 15) is 9.90 Å². The second kappa shape index (κ2) is 5.33. The molecule has 1 unspecified atom stereocenters. The largest absolute Gasteiger partial charge is 0.391 e. The Morgan fingerprint density at radius 1 is 1.58 bits per heavy atom. The summed E-state index contributed by atoms with van der Waals surface area (Å²) in [6, 6.07) is 1.84. The van der Waals surface area contributed by atoms with Crippen LogP contribution in [-0.2, 0) is 7.05 Å². The molecule has 5 nitrogen and oxygen atoms in total. The van der Waals surface area contributed by atoms with Crippen LogP contribution < -0.4 is 0 Å². The van der Waals surface area contributed by atoms with Crippen molar-refractivity contribution in [1.82, 2.24) is 14.7 Å². The van der Waals surface area contributed by atoms with Crippen LogP contribution in [-0.4, -0.2) is 45.4 Å². The Balaban J connectivity index is 2.03. The molecule has 1 atom stereocenters. The second-order valence-electron chi connectivity index (χ2n) is 5.82. The number of aliphatic hydroxyl groups excluding tert-OH is 1. The molecule has 1 aliphatic rings. The van der Waals surface area contributed by atoms with E-state index < -0.39 is 6.10 Å². The Hall–Kier alpha value is -1.36. The molecule has 0 aromatic carbocycles. The standard InChI is InChI=1S/C14H23N3O2/c1-9(2)12-7-11(15-17(12)4)14(19)16(3)8-13(18)10-5-6-10/h7,9-10,13,18H,5-6,8H2,1-4H3. The van der Waals surface area contributed by atoms with Gasteiger partial charge in [0.15, 0.2) is 5.69 Å². The van der Waals surface area contributed by atoms with Crippen molar-refractivity contribution in [2.24, 2.45) is 13.0 Å². The smallest absolute Gasteiger partial charge is 0.274 e. The average Bonchev–Trinajstić information content (AvgIpc) is 3.11. The highest BCUT2D eigenvalue weighted by atomic mass is 16.3. The van der Waals surface area contributed by atoms with Crippen LogP contribution in [0.25, 0.3) is 0 Å². The molecule has 0 saturated heterocycles. The minimum Gasteiger partial charge on any atom is -0.391 e.